The minimum Gasteiger partial charge on any atom is -0.0622 e. The average molecular weight is 355 g/mol. The lowest BCUT2D eigenvalue weighted by molar-refractivity contribution is 0.262. The molecule has 0 saturated heterocycles. The van der Waals surface area contributed by atoms with Gasteiger partial charge in [-0.25, -0.2) is 0 Å². The van der Waals surface area contributed by atoms with Crippen LogP contribution in [0.15, 0.2) is 78.9 Å². The predicted molar refractivity (Wildman–Crippen MR) is 117 cm³/mol. The van der Waals surface area contributed by atoms with Gasteiger partial charge in [-0.15, -0.1) is 0 Å². The summed E-state index contributed by atoms with van der Waals surface area (Å²) in [6.45, 7) is 2.45. The van der Waals surface area contributed by atoms with Crippen molar-refractivity contribution in [2.24, 2.45) is 11.8 Å². The summed E-state index contributed by atoms with van der Waals surface area (Å²) in [6, 6.07) is 28.8. The highest BCUT2D eigenvalue weighted by atomic mass is 14.3. The first-order valence-corrected chi connectivity index (χ1v) is 10.5. The molecule has 0 nitrogen and oxygen atoms in total. The van der Waals surface area contributed by atoms with Crippen molar-refractivity contribution in [3.8, 4) is 22.3 Å². The number of hydrogen-bond donors (Lipinski definition) is 0. The van der Waals surface area contributed by atoms with Crippen LogP contribution in [0.4, 0.5) is 0 Å². The third kappa shape index (κ3) is 4.50. The molecule has 4 rings (SSSR count). The van der Waals surface area contributed by atoms with Crippen LogP contribution in [0.1, 0.15) is 44.6 Å². The Hall–Kier alpha value is -2.34. The quantitative estimate of drug-likeness (QED) is 0.439. The Morgan fingerprint density at radius 1 is 0.630 bits per heavy atom. The highest BCUT2D eigenvalue weighted by molar-refractivity contribution is 5.70. The third-order valence-electron chi connectivity index (χ3n) is 6.29. The summed E-state index contributed by atoms with van der Waals surface area (Å²) in [4.78, 5) is 0. The third-order valence-corrected chi connectivity index (χ3v) is 6.29. The van der Waals surface area contributed by atoms with E-state index in [0.717, 1.165) is 11.8 Å². The van der Waals surface area contributed by atoms with Gasteiger partial charge in [-0.1, -0.05) is 118 Å². The first-order chi connectivity index (χ1) is 13.3. The Morgan fingerprint density at radius 2 is 1.11 bits per heavy atom. The Bertz CT molecular complexity index is 821. The van der Waals surface area contributed by atoms with E-state index >= 15 is 0 Å². The summed E-state index contributed by atoms with van der Waals surface area (Å²) in [5.41, 5.74) is 6.64. The molecule has 3 aromatic carbocycles. The molecular formula is C27H30. The van der Waals surface area contributed by atoms with Crippen LogP contribution >= 0.6 is 0 Å². The van der Waals surface area contributed by atoms with Crippen molar-refractivity contribution < 1.29 is 0 Å². The SMILES string of the molecule is CC(Cc1ccc(-c2ccc(-c3ccccc3)cc2)cc1)C1CCCCC1. The van der Waals surface area contributed by atoms with Crippen molar-refractivity contribution in [2.75, 3.05) is 0 Å². The lowest BCUT2D eigenvalue weighted by Gasteiger charge is -2.27. The van der Waals surface area contributed by atoms with Gasteiger partial charge in [-0.2, -0.15) is 0 Å². The van der Waals surface area contributed by atoms with Gasteiger partial charge in [0, 0.05) is 0 Å². The molecule has 0 amide bonds. The number of rotatable bonds is 5. The van der Waals surface area contributed by atoms with Crippen molar-refractivity contribution in [1.82, 2.24) is 0 Å². The van der Waals surface area contributed by atoms with E-state index in [1.54, 1.807) is 0 Å². The number of hydrogen-bond acceptors (Lipinski definition) is 0. The molecule has 138 valence electrons. The van der Waals surface area contributed by atoms with E-state index < -0.39 is 0 Å². The maximum atomic E-state index is 2.45. The Balaban J connectivity index is 1.42. The molecule has 0 bridgehead atoms. The molecule has 1 unspecified atom stereocenters. The van der Waals surface area contributed by atoms with Crippen molar-refractivity contribution in [2.45, 2.75) is 45.4 Å². The molecule has 0 aliphatic heterocycles. The second kappa shape index (κ2) is 8.57. The second-order valence-electron chi connectivity index (χ2n) is 8.22. The summed E-state index contributed by atoms with van der Waals surface area (Å²) in [6.07, 6.45) is 8.42. The minimum absolute atomic E-state index is 0.807. The topological polar surface area (TPSA) is 0 Å². The first-order valence-electron chi connectivity index (χ1n) is 10.5. The Labute approximate surface area is 164 Å². The summed E-state index contributed by atoms with van der Waals surface area (Å²) in [7, 11) is 0. The summed E-state index contributed by atoms with van der Waals surface area (Å²) < 4.78 is 0. The van der Waals surface area contributed by atoms with Gasteiger partial charge in [0.15, 0.2) is 0 Å². The molecule has 0 heteroatoms. The van der Waals surface area contributed by atoms with Crippen LogP contribution in [0.3, 0.4) is 0 Å². The lowest BCUT2D eigenvalue weighted by atomic mass is 9.78. The number of benzene rings is 3. The van der Waals surface area contributed by atoms with Crippen LogP contribution in [-0.2, 0) is 6.42 Å². The fourth-order valence-electron chi connectivity index (χ4n) is 4.56. The minimum atomic E-state index is 0.807. The van der Waals surface area contributed by atoms with Crippen molar-refractivity contribution in [3.63, 3.8) is 0 Å². The van der Waals surface area contributed by atoms with Crippen LogP contribution in [0, 0.1) is 11.8 Å². The Morgan fingerprint density at radius 3 is 1.67 bits per heavy atom. The van der Waals surface area contributed by atoms with E-state index in [-0.39, 0.29) is 0 Å². The molecule has 1 saturated carbocycles. The van der Waals surface area contributed by atoms with Crippen LogP contribution < -0.4 is 0 Å². The van der Waals surface area contributed by atoms with Gasteiger partial charge < -0.3 is 0 Å². The Kier molecular flexibility index (Phi) is 5.72. The maximum Gasteiger partial charge on any atom is -0.0184 e. The van der Waals surface area contributed by atoms with Crippen LogP contribution in [0.2, 0.25) is 0 Å². The van der Waals surface area contributed by atoms with Gasteiger partial charge in [-0.05, 0) is 46.1 Å². The maximum absolute atomic E-state index is 2.45. The summed E-state index contributed by atoms with van der Waals surface area (Å²) in [5.74, 6) is 1.74. The second-order valence-corrected chi connectivity index (χ2v) is 8.22. The molecule has 1 aliphatic carbocycles. The van der Waals surface area contributed by atoms with Gasteiger partial charge in [0.2, 0.25) is 0 Å². The zero-order valence-corrected chi connectivity index (χ0v) is 16.4. The molecule has 0 heterocycles. The molecule has 27 heavy (non-hydrogen) atoms. The van der Waals surface area contributed by atoms with Crippen LogP contribution in [0.25, 0.3) is 22.3 Å². The fourth-order valence-corrected chi connectivity index (χ4v) is 4.56. The normalized spacial score (nSPS) is 16.2. The van der Waals surface area contributed by atoms with E-state index in [0.29, 0.717) is 0 Å². The van der Waals surface area contributed by atoms with Crippen molar-refractivity contribution in [1.29, 1.82) is 0 Å². The monoisotopic (exact) mass is 354 g/mol. The van der Waals surface area contributed by atoms with E-state index in [2.05, 4.69) is 85.8 Å². The standard InChI is InChI=1S/C27H30/c1-21(23-8-4-2-5-9-23)20-22-12-14-25(15-13-22)27-18-16-26(17-19-27)24-10-6-3-7-11-24/h3,6-7,10-19,21,23H,2,4-5,8-9,20H2,1H3. The molecule has 0 radical (unpaired) electrons. The van der Waals surface area contributed by atoms with Crippen molar-refractivity contribution in [3.05, 3.63) is 84.4 Å². The molecule has 3 aromatic rings. The molecule has 1 aliphatic rings. The molecular weight excluding hydrogens is 324 g/mol. The van der Waals surface area contributed by atoms with Gasteiger partial charge in [0.05, 0.1) is 0 Å². The molecule has 1 atom stereocenters. The highest BCUT2D eigenvalue weighted by Crippen LogP contribution is 2.32. The van der Waals surface area contributed by atoms with E-state index in [4.69, 9.17) is 0 Å². The van der Waals surface area contributed by atoms with Crippen molar-refractivity contribution >= 4 is 0 Å². The van der Waals surface area contributed by atoms with Gasteiger partial charge in [0.1, 0.15) is 0 Å². The smallest absolute Gasteiger partial charge is 0.0184 e. The van der Waals surface area contributed by atoms with E-state index in [1.807, 2.05) is 0 Å². The van der Waals surface area contributed by atoms with Gasteiger partial charge in [0.25, 0.3) is 0 Å². The van der Waals surface area contributed by atoms with Crippen LogP contribution in [0.5, 0.6) is 0 Å². The molecule has 0 aromatic heterocycles. The molecule has 1 fully saturated rings. The fraction of sp³-hybridized carbons (Fsp3) is 0.333. The predicted octanol–water partition coefficient (Wildman–Crippen LogP) is 7.78. The van der Waals surface area contributed by atoms with Gasteiger partial charge >= 0.3 is 0 Å². The largest absolute Gasteiger partial charge is 0.0622 e. The lowest BCUT2D eigenvalue weighted by Crippen LogP contribution is -2.17. The van der Waals surface area contributed by atoms with Gasteiger partial charge in [-0.3, -0.25) is 0 Å². The molecule has 0 spiro atoms. The summed E-state index contributed by atoms with van der Waals surface area (Å²) >= 11 is 0. The molecule has 0 N–H and O–H groups in total. The van der Waals surface area contributed by atoms with E-state index in [1.165, 1.54) is 66.3 Å². The summed E-state index contributed by atoms with van der Waals surface area (Å²) in [5, 5.41) is 0. The first kappa shape index (κ1) is 18.0. The van der Waals surface area contributed by atoms with E-state index in [9.17, 15) is 0 Å². The highest BCUT2D eigenvalue weighted by Gasteiger charge is 2.20. The van der Waals surface area contributed by atoms with Crippen LogP contribution in [-0.4, -0.2) is 0 Å². The average Bonchev–Trinajstić information content (AvgIpc) is 2.76. The zero-order valence-electron chi connectivity index (χ0n) is 16.4. The zero-order chi connectivity index (χ0) is 18.5.